The third-order valence-electron chi connectivity index (χ3n) is 5.98. The lowest BCUT2D eigenvalue weighted by Gasteiger charge is -2.12. The molecule has 7 nitrogen and oxygen atoms in total. The molecule has 35 heavy (non-hydrogen) atoms. The smallest absolute Gasteiger partial charge is 0.162 e. The molecule has 0 spiro atoms. The van der Waals surface area contributed by atoms with Gasteiger partial charge in [-0.05, 0) is 81.8 Å². The highest BCUT2D eigenvalue weighted by Crippen LogP contribution is 2.43. The van der Waals surface area contributed by atoms with Gasteiger partial charge in [-0.2, -0.15) is 0 Å². The summed E-state index contributed by atoms with van der Waals surface area (Å²) in [4.78, 5) is 17.6. The van der Waals surface area contributed by atoms with Crippen LogP contribution >= 0.6 is 0 Å². The first-order chi connectivity index (χ1) is 17.0. The number of allylic oxidation sites excluding steroid dienone is 3. The molecule has 1 saturated heterocycles. The Labute approximate surface area is 204 Å². The van der Waals surface area contributed by atoms with Crippen LogP contribution in [-0.4, -0.2) is 33.0 Å². The van der Waals surface area contributed by atoms with Gasteiger partial charge in [-0.3, -0.25) is 4.98 Å². The zero-order chi connectivity index (χ0) is 24.8. The molecule has 2 fully saturated rings. The van der Waals surface area contributed by atoms with Crippen LogP contribution in [0.25, 0.3) is 22.3 Å². The van der Waals surface area contributed by atoms with Crippen molar-refractivity contribution in [2.75, 3.05) is 24.1 Å². The van der Waals surface area contributed by atoms with Crippen molar-refractivity contribution in [3.63, 3.8) is 0 Å². The van der Waals surface area contributed by atoms with Crippen molar-refractivity contribution in [3.05, 3.63) is 59.7 Å². The molecule has 0 aromatic carbocycles. The predicted octanol–water partition coefficient (Wildman–Crippen LogP) is 5.79. The Kier molecular flexibility index (Phi) is 7.97. The van der Waals surface area contributed by atoms with Crippen LogP contribution in [0.2, 0.25) is 0 Å². The van der Waals surface area contributed by atoms with E-state index >= 15 is 0 Å². The van der Waals surface area contributed by atoms with Gasteiger partial charge in [-0.25, -0.2) is 23.7 Å². The summed E-state index contributed by atoms with van der Waals surface area (Å²) >= 11 is 0. The van der Waals surface area contributed by atoms with Gasteiger partial charge in [0.25, 0.3) is 0 Å². The van der Waals surface area contributed by atoms with E-state index in [1.54, 1.807) is 25.3 Å². The second-order valence-electron chi connectivity index (χ2n) is 8.61. The lowest BCUT2D eigenvalue weighted by Crippen LogP contribution is -2.05. The van der Waals surface area contributed by atoms with E-state index in [0.717, 1.165) is 23.8 Å². The van der Waals surface area contributed by atoms with Crippen LogP contribution < -0.4 is 16.4 Å². The molecule has 184 valence electrons. The third-order valence-corrected chi connectivity index (χ3v) is 5.98. The van der Waals surface area contributed by atoms with Crippen LogP contribution in [0.5, 0.6) is 0 Å². The molecular formula is C26H31F2N7. The largest absolute Gasteiger partial charge is 0.383 e. The number of nitrogen functional groups attached to an aromatic ring is 1. The number of aromatic nitrogens is 4. The fourth-order valence-corrected chi connectivity index (χ4v) is 3.94. The summed E-state index contributed by atoms with van der Waals surface area (Å²) in [7, 11) is 0. The van der Waals surface area contributed by atoms with Crippen LogP contribution in [0.15, 0.2) is 54.2 Å². The maximum atomic E-state index is 14.1. The maximum absolute atomic E-state index is 14.1. The number of nitrogens with zero attached hydrogens (tertiary/aromatic N) is 4. The molecule has 4 heterocycles. The number of halogens is 2. The van der Waals surface area contributed by atoms with Crippen molar-refractivity contribution in [1.82, 2.24) is 25.3 Å². The summed E-state index contributed by atoms with van der Waals surface area (Å²) in [5, 5.41) is 6.79. The van der Waals surface area contributed by atoms with Gasteiger partial charge in [0.15, 0.2) is 5.82 Å². The lowest BCUT2D eigenvalue weighted by atomic mass is 10.1. The van der Waals surface area contributed by atoms with Crippen LogP contribution in [0.4, 0.5) is 20.4 Å². The molecule has 1 saturated carbocycles. The molecule has 5 rings (SSSR count). The van der Waals surface area contributed by atoms with Crippen molar-refractivity contribution < 1.29 is 8.78 Å². The normalized spacial score (nSPS) is 16.5. The first-order valence-electron chi connectivity index (χ1n) is 12.1. The van der Waals surface area contributed by atoms with E-state index in [9.17, 15) is 8.78 Å². The maximum Gasteiger partial charge on any atom is 0.162 e. The Bertz CT molecular complexity index is 1240. The second-order valence-corrected chi connectivity index (χ2v) is 8.61. The standard InChI is InChI=1S/C22H22F2N6.C4H9N/c1-3-15(23)20(16(24)4-2)29-18-9-13(7-8-27-18)22-28-17-11-26-10-14(12-5-6-12)19(17)21(25)30-22;1-2-4-5-3-1/h3,7-12H,4-6H2,1-2H3,(H,27,29)(H2,25,28,30);5H,1-4H2/b15-3+,20-16-;. The summed E-state index contributed by atoms with van der Waals surface area (Å²) in [5.74, 6) is 0.246. The Morgan fingerprint density at radius 1 is 1.20 bits per heavy atom. The monoisotopic (exact) mass is 479 g/mol. The highest BCUT2D eigenvalue weighted by molar-refractivity contribution is 5.92. The van der Waals surface area contributed by atoms with Gasteiger partial charge >= 0.3 is 0 Å². The summed E-state index contributed by atoms with van der Waals surface area (Å²) in [6, 6.07) is 3.35. The van der Waals surface area contributed by atoms with Gasteiger partial charge in [0.1, 0.15) is 29.0 Å². The van der Waals surface area contributed by atoms with Crippen LogP contribution in [-0.2, 0) is 0 Å². The van der Waals surface area contributed by atoms with Crippen LogP contribution in [0.1, 0.15) is 57.4 Å². The molecular weight excluding hydrogens is 448 g/mol. The van der Waals surface area contributed by atoms with Crippen LogP contribution in [0, 0.1) is 0 Å². The Hall–Kier alpha value is -3.46. The third kappa shape index (κ3) is 5.97. The highest BCUT2D eigenvalue weighted by atomic mass is 19.1. The molecule has 0 radical (unpaired) electrons. The van der Waals surface area contributed by atoms with Gasteiger partial charge in [0, 0.05) is 23.3 Å². The van der Waals surface area contributed by atoms with E-state index in [1.807, 2.05) is 6.20 Å². The summed E-state index contributed by atoms with van der Waals surface area (Å²) in [6.07, 6.45) is 11.3. The molecule has 1 aliphatic heterocycles. The first-order valence-corrected chi connectivity index (χ1v) is 12.1. The fraction of sp³-hybridized carbons (Fsp3) is 0.385. The van der Waals surface area contributed by atoms with Crippen LogP contribution in [0.3, 0.4) is 0 Å². The predicted molar refractivity (Wildman–Crippen MR) is 136 cm³/mol. The Morgan fingerprint density at radius 3 is 2.60 bits per heavy atom. The number of pyridine rings is 2. The molecule has 0 unspecified atom stereocenters. The van der Waals surface area contributed by atoms with Gasteiger partial charge in [-0.1, -0.05) is 6.92 Å². The van der Waals surface area contributed by atoms with E-state index in [1.165, 1.54) is 45.1 Å². The SMILES string of the molecule is C/C=C(F)\C(Nc1cc(-c2nc(N)c3c(C4CC4)cncc3n2)ccn1)=C(\F)CC.C1CCNC1. The van der Waals surface area contributed by atoms with E-state index in [2.05, 4.69) is 30.6 Å². The zero-order valence-electron chi connectivity index (χ0n) is 20.1. The number of fused-ring (bicyclic) bond motifs is 1. The van der Waals surface area contributed by atoms with Gasteiger partial charge in [0.05, 0.1) is 11.7 Å². The molecule has 0 bridgehead atoms. The minimum atomic E-state index is -0.688. The van der Waals surface area contributed by atoms with E-state index in [0.29, 0.717) is 28.6 Å². The summed E-state index contributed by atoms with van der Waals surface area (Å²) < 4.78 is 28.2. The minimum Gasteiger partial charge on any atom is -0.383 e. The molecule has 3 aromatic rings. The van der Waals surface area contributed by atoms with E-state index in [4.69, 9.17) is 5.73 Å². The average Bonchev–Trinajstić information content (AvgIpc) is 3.55. The van der Waals surface area contributed by atoms with Crippen molar-refractivity contribution in [3.8, 4) is 11.4 Å². The number of hydrogen-bond donors (Lipinski definition) is 3. The minimum absolute atomic E-state index is 0.0595. The van der Waals surface area contributed by atoms with Crippen molar-refractivity contribution in [2.45, 2.75) is 51.9 Å². The number of nitrogens with two attached hydrogens (primary N) is 1. The summed E-state index contributed by atoms with van der Waals surface area (Å²) in [5.41, 5.74) is 8.41. The topological polar surface area (TPSA) is 102 Å². The van der Waals surface area contributed by atoms with E-state index in [-0.39, 0.29) is 17.9 Å². The molecule has 1 aliphatic carbocycles. The Balaban J connectivity index is 0.000000514. The molecule has 2 aliphatic rings. The van der Waals surface area contributed by atoms with Gasteiger partial charge in [-0.15, -0.1) is 0 Å². The van der Waals surface area contributed by atoms with Crippen molar-refractivity contribution in [2.24, 2.45) is 0 Å². The average molecular weight is 480 g/mol. The number of nitrogens with one attached hydrogen (secondary N) is 2. The first kappa shape index (κ1) is 24.7. The summed E-state index contributed by atoms with van der Waals surface area (Å²) in [6.45, 7) is 5.61. The zero-order valence-corrected chi connectivity index (χ0v) is 20.1. The highest BCUT2D eigenvalue weighted by Gasteiger charge is 2.27. The Morgan fingerprint density at radius 2 is 1.97 bits per heavy atom. The van der Waals surface area contributed by atoms with E-state index < -0.39 is 11.7 Å². The number of anilines is 2. The van der Waals surface area contributed by atoms with Gasteiger partial charge < -0.3 is 16.4 Å². The quantitative estimate of drug-likeness (QED) is 0.385. The second kappa shape index (κ2) is 11.3. The van der Waals surface area contributed by atoms with Gasteiger partial charge in [0.2, 0.25) is 0 Å². The molecule has 4 N–H and O–H groups in total. The molecule has 9 heteroatoms. The van der Waals surface area contributed by atoms with Crippen molar-refractivity contribution in [1.29, 1.82) is 0 Å². The number of rotatable bonds is 6. The molecule has 3 aromatic heterocycles. The molecule has 0 atom stereocenters. The fourth-order valence-electron chi connectivity index (χ4n) is 3.94. The van der Waals surface area contributed by atoms with Crippen molar-refractivity contribution >= 4 is 22.5 Å². The number of hydrogen-bond acceptors (Lipinski definition) is 7. The lowest BCUT2D eigenvalue weighted by molar-refractivity contribution is 0.571. The molecule has 0 amide bonds.